The topological polar surface area (TPSA) is 110 Å². The van der Waals surface area contributed by atoms with Crippen LogP contribution in [-0.2, 0) is 11.2 Å². The number of benzene rings is 1. The summed E-state index contributed by atoms with van der Waals surface area (Å²) < 4.78 is 1.96. The van der Waals surface area contributed by atoms with Crippen LogP contribution < -0.4 is 11.1 Å². The number of ketones is 1. The lowest BCUT2D eigenvalue weighted by Crippen LogP contribution is -2.32. The average Bonchev–Trinajstić information content (AvgIpc) is 3.09. The van der Waals surface area contributed by atoms with Crippen molar-refractivity contribution in [1.82, 2.24) is 9.55 Å². The Morgan fingerprint density at radius 3 is 2.57 bits per heavy atom. The molecule has 2 atom stereocenters. The van der Waals surface area contributed by atoms with E-state index in [1.54, 1.807) is 12.4 Å². The van der Waals surface area contributed by atoms with Crippen LogP contribution >= 0.6 is 0 Å². The van der Waals surface area contributed by atoms with Crippen LogP contribution in [0.1, 0.15) is 35.4 Å². The standard InChI is InChI=1S/C23H24N4O3/c1-14(13-28)27-18-11-16(23(24)30)12-19(29)20(18)21(26-17-5-3-2-4-6-17)22(27)15-7-9-25-10-8-15/h2-10,14,16,26,28H,11-13H2,1H3,(H2,24,30)/t14-,16+/m1/s1. The fraction of sp³-hybridized carbons (Fsp3) is 0.261. The normalized spacial score (nSPS) is 16.7. The summed E-state index contributed by atoms with van der Waals surface area (Å²) in [5.74, 6) is -1.17. The summed E-state index contributed by atoms with van der Waals surface area (Å²) >= 11 is 0. The maximum Gasteiger partial charge on any atom is 0.221 e. The van der Waals surface area contributed by atoms with Crippen molar-refractivity contribution in [3.63, 3.8) is 0 Å². The Morgan fingerprint density at radius 1 is 1.23 bits per heavy atom. The lowest BCUT2D eigenvalue weighted by Gasteiger charge is -2.24. The van der Waals surface area contributed by atoms with Gasteiger partial charge in [-0.15, -0.1) is 0 Å². The molecule has 0 saturated heterocycles. The Balaban J connectivity index is 2.00. The quantitative estimate of drug-likeness (QED) is 0.585. The number of nitrogens with two attached hydrogens (primary N) is 1. The molecule has 0 radical (unpaired) electrons. The van der Waals surface area contributed by atoms with Gasteiger partial charge >= 0.3 is 0 Å². The largest absolute Gasteiger partial charge is 0.394 e. The molecule has 4 N–H and O–H groups in total. The van der Waals surface area contributed by atoms with Crippen LogP contribution in [0.4, 0.5) is 11.4 Å². The van der Waals surface area contributed by atoms with Gasteiger partial charge in [0.2, 0.25) is 5.91 Å². The predicted octanol–water partition coefficient (Wildman–Crippen LogP) is 3.08. The summed E-state index contributed by atoms with van der Waals surface area (Å²) in [4.78, 5) is 29.2. The molecule has 3 aromatic rings. The van der Waals surface area contributed by atoms with Crippen LogP contribution in [0.15, 0.2) is 54.9 Å². The zero-order chi connectivity index (χ0) is 21.3. The predicted molar refractivity (Wildman–Crippen MR) is 115 cm³/mol. The van der Waals surface area contributed by atoms with E-state index in [2.05, 4.69) is 10.3 Å². The van der Waals surface area contributed by atoms with E-state index in [0.29, 0.717) is 17.7 Å². The van der Waals surface area contributed by atoms with Gasteiger partial charge in [-0.2, -0.15) is 0 Å². The molecule has 0 saturated carbocycles. The molecular weight excluding hydrogens is 380 g/mol. The highest BCUT2D eigenvalue weighted by Crippen LogP contribution is 2.44. The maximum absolute atomic E-state index is 13.2. The average molecular weight is 404 g/mol. The van der Waals surface area contributed by atoms with Gasteiger partial charge in [0, 0.05) is 42.2 Å². The van der Waals surface area contributed by atoms with Crippen molar-refractivity contribution < 1.29 is 14.7 Å². The van der Waals surface area contributed by atoms with Gasteiger partial charge in [0.1, 0.15) is 0 Å². The molecule has 0 aliphatic heterocycles. The molecular formula is C23H24N4O3. The lowest BCUT2D eigenvalue weighted by molar-refractivity contribution is -0.121. The van der Waals surface area contributed by atoms with Gasteiger partial charge in [0.05, 0.1) is 35.5 Å². The molecule has 1 aliphatic rings. The zero-order valence-corrected chi connectivity index (χ0v) is 16.7. The molecule has 0 unspecified atom stereocenters. The lowest BCUT2D eigenvalue weighted by atomic mass is 9.85. The van der Waals surface area contributed by atoms with Gasteiger partial charge in [-0.05, 0) is 31.2 Å². The molecule has 1 aromatic carbocycles. The number of pyridine rings is 1. The van der Waals surface area contributed by atoms with Crippen molar-refractivity contribution in [2.75, 3.05) is 11.9 Å². The number of amides is 1. The molecule has 30 heavy (non-hydrogen) atoms. The molecule has 154 valence electrons. The number of fused-ring (bicyclic) bond motifs is 1. The highest BCUT2D eigenvalue weighted by Gasteiger charge is 2.37. The zero-order valence-electron chi connectivity index (χ0n) is 16.7. The third-order valence-corrected chi connectivity index (χ3v) is 5.56. The third kappa shape index (κ3) is 3.48. The van der Waals surface area contributed by atoms with Crippen molar-refractivity contribution >= 4 is 23.1 Å². The molecule has 0 fully saturated rings. The van der Waals surface area contributed by atoms with Crippen LogP contribution in [0, 0.1) is 5.92 Å². The monoisotopic (exact) mass is 404 g/mol. The molecule has 4 rings (SSSR count). The van der Waals surface area contributed by atoms with Crippen molar-refractivity contribution in [2.24, 2.45) is 11.7 Å². The number of carbonyl (C=O) groups is 2. The summed E-state index contributed by atoms with van der Waals surface area (Å²) in [5, 5.41) is 13.4. The fourth-order valence-corrected chi connectivity index (χ4v) is 4.12. The number of aliphatic hydroxyl groups is 1. The SMILES string of the molecule is C[C@H](CO)n1c2c(c(Nc3ccccc3)c1-c1ccncc1)C(=O)C[C@@H](C(N)=O)C2. The first kappa shape index (κ1) is 19.8. The Bertz CT molecular complexity index is 1080. The van der Waals surface area contributed by atoms with Gasteiger partial charge in [-0.25, -0.2) is 0 Å². The Kier molecular flexibility index (Phi) is 5.37. The molecule has 7 heteroatoms. The molecule has 2 aromatic heterocycles. The van der Waals surface area contributed by atoms with E-state index in [1.807, 2.05) is 54.0 Å². The fourth-order valence-electron chi connectivity index (χ4n) is 4.12. The number of rotatable bonds is 6. The van der Waals surface area contributed by atoms with Crippen molar-refractivity contribution in [2.45, 2.75) is 25.8 Å². The van der Waals surface area contributed by atoms with Crippen LogP contribution in [0.25, 0.3) is 11.3 Å². The summed E-state index contributed by atoms with van der Waals surface area (Å²) in [6, 6.07) is 13.0. The van der Waals surface area contributed by atoms with Crippen molar-refractivity contribution in [3.8, 4) is 11.3 Å². The third-order valence-electron chi connectivity index (χ3n) is 5.56. The van der Waals surface area contributed by atoms with E-state index in [-0.39, 0.29) is 24.9 Å². The van der Waals surface area contributed by atoms with E-state index in [4.69, 9.17) is 5.73 Å². The Labute approximate surface area is 174 Å². The number of hydrogen-bond acceptors (Lipinski definition) is 5. The van der Waals surface area contributed by atoms with E-state index >= 15 is 0 Å². The van der Waals surface area contributed by atoms with E-state index < -0.39 is 11.8 Å². The number of carbonyl (C=O) groups excluding carboxylic acids is 2. The number of aromatic nitrogens is 2. The number of aliphatic hydroxyl groups excluding tert-OH is 1. The van der Waals surface area contributed by atoms with Crippen molar-refractivity contribution in [1.29, 1.82) is 0 Å². The van der Waals surface area contributed by atoms with Gasteiger partial charge < -0.3 is 20.7 Å². The van der Waals surface area contributed by atoms with Gasteiger partial charge in [0.15, 0.2) is 5.78 Å². The minimum absolute atomic E-state index is 0.0824. The van der Waals surface area contributed by atoms with E-state index in [1.165, 1.54) is 0 Å². The van der Waals surface area contributed by atoms with E-state index in [9.17, 15) is 14.7 Å². The number of para-hydroxylation sites is 1. The molecule has 2 heterocycles. The van der Waals surface area contributed by atoms with Gasteiger partial charge in [0.25, 0.3) is 0 Å². The van der Waals surface area contributed by atoms with Crippen LogP contribution in [0.3, 0.4) is 0 Å². The first-order valence-electron chi connectivity index (χ1n) is 9.94. The van der Waals surface area contributed by atoms with Crippen molar-refractivity contribution in [3.05, 3.63) is 66.1 Å². The number of hydrogen-bond donors (Lipinski definition) is 3. The summed E-state index contributed by atoms with van der Waals surface area (Å²) in [6.07, 6.45) is 3.82. The Hall–Kier alpha value is -3.45. The van der Waals surface area contributed by atoms with Crippen LogP contribution in [0.5, 0.6) is 0 Å². The molecule has 7 nitrogen and oxygen atoms in total. The number of primary amides is 1. The van der Waals surface area contributed by atoms with E-state index in [0.717, 1.165) is 22.6 Å². The maximum atomic E-state index is 13.2. The number of Topliss-reactive ketones (excluding diaryl/α,β-unsaturated/α-hetero) is 1. The molecule has 0 bridgehead atoms. The van der Waals surface area contributed by atoms with Crippen LogP contribution in [0.2, 0.25) is 0 Å². The summed E-state index contributed by atoms with van der Waals surface area (Å²) in [7, 11) is 0. The Morgan fingerprint density at radius 2 is 1.93 bits per heavy atom. The number of anilines is 2. The highest BCUT2D eigenvalue weighted by atomic mass is 16.3. The van der Waals surface area contributed by atoms with Gasteiger partial charge in [-0.1, -0.05) is 18.2 Å². The minimum Gasteiger partial charge on any atom is -0.394 e. The molecule has 1 amide bonds. The minimum atomic E-state index is -0.556. The summed E-state index contributed by atoms with van der Waals surface area (Å²) in [5.41, 5.74) is 10.00. The smallest absolute Gasteiger partial charge is 0.221 e. The highest BCUT2D eigenvalue weighted by molar-refractivity contribution is 6.09. The molecule has 1 aliphatic carbocycles. The summed E-state index contributed by atoms with van der Waals surface area (Å²) in [6.45, 7) is 1.77. The second-order valence-electron chi connectivity index (χ2n) is 7.60. The number of nitrogens with one attached hydrogen (secondary N) is 1. The second kappa shape index (κ2) is 8.12. The first-order valence-corrected chi connectivity index (χ1v) is 9.94. The van der Waals surface area contributed by atoms with Crippen LogP contribution in [-0.4, -0.2) is 33.0 Å². The number of nitrogens with zero attached hydrogens (tertiary/aromatic N) is 2. The first-order chi connectivity index (χ1) is 14.5. The second-order valence-corrected chi connectivity index (χ2v) is 7.60. The van der Waals surface area contributed by atoms with Gasteiger partial charge in [-0.3, -0.25) is 14.6 Å². The molecule has 0 spiro atoms.